The van der Waals surface area contributed by atoms with Gasteiger partial charge in [-0.05, 0) is 36.6 Å². The molecule has 1 aliphatic rings. The van der Waals surface area contributed by atoms with Gasteiger partial charge >= 0.3 is 5.97 Å². The van der Waals surface area contributed by atoms with Gasteiger partial charge in [0, 0.05) is 25.9 Å². The summed E-state index contributed by atoms with van der Waals surface area (Å²) < 4.78 is 5.60. The van der Waals surface area contributed by atoms with Crippen molar-refractivity contribution in [3.63, 3.8) is 0 Å². The SMILES string of the molecule is COc1ccc(/C=C2\SC(=S)N(CCCC(=O)NCCCC(=O)O)C2=O)cc1. The molecule has 0 aromatic heterocycles. The molecule has 1 saturated heterocycles. The zero-order valence-corrected chi connectivity index (χ0v) is 17.1. The van der Waals surface area contributed by atoms with Crippen LogP contribution in [0.1, 0.15) is 31.2 Å². The van der Waals surface area contributed by atoms with Gasteiger partial charge in [-0.25, -0.2) is 0 Å². The Balaban J connectivity index is 1.80. The third kappa shape index (κ3) is 6.65. The average Bonchev–Trinajstić information content (AvgIpc) is 2.93. The number of thiocarbonyl (C=S) groups is 1. The Morgan fingerprint density at radius 3 is 2.61 bits per heavy atom. The van der Waals surface area contributed by atoms with Crippen LogP contribution in [0.5, 0.6) is 5.75 Å². The number of hydrogen-bond acceptors (Lipinski definition) is 6. The first kappa shape index (κ1) is 21.9. The Labute approximate surface area is 173 Å². The molecule has 1 aromatic carbocycles. The first-order chi connectivity index (χ1) is 13.4. The van der Waals surface area contributed by atoms with Gasteiger partial charge in [0.05, 0.1) is 12.0 Å². The number of ether oxygens (including phenoxy) is 1. The molecular weight excluding hydrogens is 400 g/mol. The van der Waals surface area contributed by atoms with E-state index in [0.29, 0.717) is 35.2 Å². The van der Waals surface area contributed by atoms with Gasteiger partial charge in [-0.2, -0.15) is 0 Å². The van der Waals surface area contributed by atoms with Crippen LogP contribution in [0.15, 0.2) is 29.2 Å². The summed E-state index contributed by atoms with van der Waals surface area (Å²) in [6.45, 7) is 0.698. The fraction of sp³-hybridized carbons (Fsp3) is 0.368. The minimum Gasteiger partial charge on any atom is -0.497 e. The Morgan fingerprint density at radius 1 is 1.25 bits per heavy atom. The van der Waals surface area contributed by atoms with Crippen LogP contribution >= 0.6 is 24.0 Å². The van der Waals surface area contributed by atoms with Gasteiger partial charge in [-0.15, -0.1) is 0 Å². The highest BCUT2D eigenvalue weighted by atomic mass is 32.2. The first-order valence-corrected chi connectivity index (χ1v) is 10.0. The Hall–Kier alpha value is -2.39. The number of carboxylic acid groups (broad SMARTS) is 1. The molecule has 0 spiro atoms. The van der Waals surface area contributed by atoms with Crippen LogP contribution in [-0.2, 0) is 14.4 Å². The summed E-state index contributed by atoms with van der Waals surface area (Å²) in [5.74, 6) is -0.463. The second-order valence-electron chi connectivity index (χ2n) is 6.06. The maximum absolute atomic E-state index is 12.6. The van der Waals surface area contributed by atoms with E-state index < -0.39 is 5.97 Å². The number of methoxy groups -OCH3 is 1. The quantitative estimate of drug-likeness (QED) is 0.340. The fourth-order valence-electron chi connectivity index (χ4n) is 2.50. The van der Waals surface area contributed by atoms with E-state index in [-0.39, 0.29) is 24.7 Å². The second kappa shape index (κ2) is 10.8. The van der Waals surface area contributed by atoms with Crippen molar-refractivity contribution in [1.29, 1.82) is 0 Å². The molecule has 0 unspecified atom stereocenters. The third-order valence-electron chi connectivity index (χ3n) is 3.96. The lowest BCUT2D eigenvalue weighted by Gasteiger charge is -2.14. The molecule has 2 amide bonds. The number of nitrogens with one attached hydrogen (secondary N) is 1. The van der Waals surface area contributed by atoms with Crippen LogP contribution in [0.25, 0.3) is 6.08 Å². The molecule has 0 aliphatic carbocycles. The smallest absolute Gasteiger partial charge is 0.303 e. The predicted octanol–water partition coefficient (Wildman–Crippen LogP) is 2.66. The highest BCUT2D eigenvalue weighted by Gasteiger charge is 2.31. The molecular formula is C19H22N2O5S2. The number of carbonyl (C=O) groups is 3. The zero-order valence-electron chi connectivity index (χ0n) is 15.5. The lowest BCUT2D eigenvalue weighted by Crippen LogP contribution is -2.31. The normalized spacial score (nSPS) is 15.2. The summed E-state index contributed by atoms with van der Waals surface area (Å²) in [5.41, 5.74) is 0.877. The van der Waals surface area contributed by atoms with Crippen molar-refractivity contribution in [1.82, 2.24) is 10.2 Å². The monoisotopic (exact) mass is 422 g/mol. The van der Waals surface area contributed by atoms with Crippen molar-refractivity contribution in [2.24, 2.45) is 0 Å². The number of amides is 2. The number of nitrogens with zero attached hydrogens (tertiary/aromatic N) is 1. The summed E-state index contributed by atoms with van der Waals surface area (Å²) in [6.07, 6.45) is 2.94. The van der Waals surface area contributed by atoms with Gasteiger partial charge in [0.1, 0.15) is 10.1 Å². The molecule has 150 valence electrons. The summed E-state index contributed by atoms with van der Waals surface area (Å²) in [4.78, 5) is 36.8. The molecule has 1 heterocycles. The summed E-state index contributed by atoms with van der Waals surface area (Å²) in [7, 11) is 1.59. The molecule has 2 N–H and O–H groups in total. The fourth-order valence-corrected chi connectivity index (χ4v) is 3.81. The number of carboxylic acids is 1. The number of benzene rings is 1. The Morgan fingerprint density at radius 2 is 1.96 bits per heavy atom. The van der Waals surface area contributed by atoms with Crippen LogP contribution in [0, 0.1) is 0 Å². The molecule has 7 nitrogen and oxygen atoms in total. The summed E-state index contributed by atoms with van der Waals surface area (Å²) in [5, 5.41) is 11.2. The number of hydrogen-bond donors (Lipinski definition) is 2. The van der Waals surface area contributed by atoms with Gasteiger partial charge < -0.3 is 15.2 Å². The van der Waals surface area contributed by atoms with Gasteiger partial charge in [0.15, 0.2) is 0 Å². The number of carbonyl (C=O) groups excluding carboxylic acids is 2. The maximum atomic E-state index is 12.6. The standard InChI is InChI=1S/C19H22N2O5S2/c1-26-14-8-6-13(7-9-14)12-15-18(25)21(19(27)28-15)11-3-4-16(22)20-10-2-5-17(23)24/h6-9,12H,2-5,10-11H2,1H3,(H,20,22)(H,23,24)/b15-12-. The van der Waals surface area contributed by atoms with Gasteiger partial charge in [-0.1, -0.05) is 36.1 Å². The molecule has 1 aliphatic heterocycles. The molecule has 0 atom stereocenters. The summed E-state index contributed by atoms with van der Waals surface area (Å²) in [6, 6.07) is 7.36. The van der Waals surface area contributed by atoms with Crippen molar-refractivity contribution in [3.8, 4) is 5.75 Å². The van der Waals surface area contributed by atoms with E-state index in [4.69, 9.17) is 22.1 Å². The van der Waals surface area contributed by atoms with Gasteiger partial charge in [0.25, 0.3) is 5.91 Å². The number of rotatable bonds is 10. The molecule has 0 radical (unpaired) electrons. The third-order valence-corrected chi connectivity index (χ3v) is 5.34. The van der Waals surface area contributed by atoms with Crippen molar-refractivity contribution < 1.29 is 24.2 Å². The molecule has 1 fully saturated rings. The lowest BCUT2D eigenvalue weighted by atomic mass is 10.2. The van der Waals surface area contributed by atoms with Crippen molar-refractivity contribution >= 4 is 52.2 Å². The topological polar surface area (TPSA) is 95.9 Å². The van der Waals surface area contributed by atoms with Crippen LogP contribution in [0.3, 0.4) is 0 Å². The van der Waals surface area contributed by atoms with E-state index >= 15 is 0 Å². The molecule has 0 bridgehead atoms. The molecule has 0 saturated carbocycles. The minimum absolute atomic E-state index is 0.0252. The van der Waals surface area contributed by atoms with Crippen LogP contribution in [0.2, 0.25) is 0 Å². The first-order valence-electron chi connectivity index (χ1n) is 8.78. The highest BCUT2D eigenvalue weighted by Crippen LogP contribution is 2.32. The predicted molar refractivity (Wildman–Crippen MR) is 112 cm³/mol. The van der Waals surface area contributed by atoms with Crippen LogP contribution in [-0.4, -0.2) is 52.3 Å². The number of thioether (sulfide) groups is 1. The van der Waals surface area contributed by atoms with E-state index in [0.717, 1.165) is 11.3 Å². The van der Waals surface area contributed by atoms with E-state index in [9.17, 15) is 14.4 Å². The van der Waals surface area contributed by atoms with Crippen molar-refractivity contribution in [2.75, 3.05) is 20.2 Å². The average molecular weight is 423 g/mol. The van der Waals surface area contributed by atoms with Crippen LogP contribution in [0.4, 0.5) is 0 Å². The Bertz CT molecular complexity index is 777. The molecule has 9 heteroatoms. The molecule has 2 rings (SSSR count). The molecule has 1 aromatic rings. The maximum Gasteiger partial charge on any atom is 0.303 e. The van der Waals surface area contributed by atoms with Crippen LogP contribution < -0.4 is 10.1 Å². The highest BCUT2D eigenvalue weighted by molar-refractivity contribution is 8.26. The lowest BCUT2D eigenvalue weighted by molar-refractivity contribution is -0.137. The minimum atomic E-state index is -0.883. The van der Waals surface area contributed by atoms with Crippen molar-refractivity contribution in [2.45, 2.75) is 25.7 Å². The zero-order chi connectivity index (χ0) is 20.5. The second-order valence-corrected chi connectivity index (χ2v) is 7.73. The largest absolute Gasteiger partial charge is 0.497 e. The van der Waals surface area contributed by atoms with E-state index in [1.165, 1.54) is 16.7 Å². The number of aliphatic carboxylic acids is 1. The van der Waals surface area contributed by atoms with E-state index in [1.807, 2.05) is 24.3 Å². The van der Waals surface area contributed by atoms with E-state index in [1.54, 1.807) is 13.2 Å². The van der Waals surface area contributed by atoms with Gasteiger partial charge in [-0.3, -0.25) is 19.3 Å². The van der Waals surface area contributed by atoms with Gasteiger partial charge in [0.2, 0.25) is 5.91 Å². The molecule has 28 heavy (non-hydrogen) atoms. The Kier molecular flexibility index (Phi) is 8.46. The van der Waals surface area contributed by atoms with Crippen molar-refractivity contribution in [3.05, 3.63) is 34.7 Å². The van der Waals surface area contributed by atoms with E-state index in [2.05, 4.69) is 5.32 Å². The summed E-state index contributed by atoms with van der Waals surface area (Å²) >= 11 is 6.54.